The number of amides is 1. The first-order valence-corrected chi connectivity index (χ1v) is 19.7. The van der Waals surface area contributed by atoms with E-state index >= 15 is 0 Å². The quantitative estimate of drug-likeness (QED) is 0.223. The zero-order valence-electron chi connectivity index (χ0n) is 34.3. The Labute approximate surface area is 329 Å². The molecule has 3 aliphatic heterocycles. The minimum atomic E-state index is -1.72. The van der Waals surface area contributed by atoms with E-state index in [0.717, 1.165) is 16.5 Å². The van der Waals surface area contributed by atoms with E-state index in [-0.39, 0.29) is 43.7 Å². The molecule has 3 saturated heterocycles. The van der Waals surface area contributed by atoms with Crippen LogP contribution in [-0.4, -0.2) is 107 Å². The number of carbonyl (C=O) groups is 5. The van der Waals surface area contributed by atoms with Gasteiger partial charge in [0, 0.05) is 47.8 Å². The molecule has 13 atom stereocenters. The Kier molecular flexibility index (Phi) is 13.3. The van der Waals surface area contributed by atoms with Gasteiger partial charge in [-0.25, -0.2) is 4.79 Å². The summed E-state index contributed by atoms with van der Waals surface area (Å²) in [5, 5.41) is 15.3. The molecule has 0 radical (unpaired) electrons. The Morgan fingerprint density at radius 3 is 2.43 bits per heavy atom. The Morgan fingerprint density at radius 2 is 1.75 bits per heavy atom. The third kappa shape index (κ3) is 8.93. The second-order valence-electron chi connectivity index (χ2n) is 16.7. The average molecular weight is 782 g/mol. The van der Waals surface area contributed by atoms with E-state index in [2.05, 4.69) is 10.3 Å². The molecular formula is C42H59N3O11. The van der Waals surface area contributed by atoms with Crippen molar-refractivity contribution in [1.82, 2.24) is 15.2 Å². The SMILES string of the molecule is CC[C@H]1OC(=O)[C@H](C)C(=O)[C@H](C)[C@@H](O[C@@H]2O[C@H](C)C[C@H](N(C)C)[C@H]2O)[C@](C)(OC(=O)NCc2ccc3ncccc3c2)C[C@@H](C)C(=O)[C@H](C)[C@H]2CC(=O)O[C@@]21C. The number of rotatable bonds is 7. The summed E-state index contributed by atoms with van der Waals surface area (Å²) >= 11 is 0. The van der Waals surface area contributed by atoms with E-state index in [0.29, 0.717) is 6.42 Å². The number of ether oxygens (including phenoxy) is 5. The molecule has 1 aromatic heterocycles. The van der Waals surface area contributed by atoms with Crippen molar-refractivity contribution in [3.63, 3.8) is 0 Å². The number of aliphatic hydroxyl groups excluding tert-OH is 1. The fourth-order valence-corrected chi connectivity index (χ4v) is 9.05. The number of fused-ring (bicyclic) bond motifs is 2. The van der Waals surface area contributed by atoms with E-state index < -0.39 is 89.2 Å². The number of pyridine rings is 1. The first-order valence-electron chi connectivity index (χ1n) is 19.7. The number of hydrogen-bond acceptors (Lipinski definition) is 13. The Balaban J connectivity index is 1.56. The topological polar surface area (TPSA) is 180 Å². The first kappa shape index (κ1) is 43.1. The van der Waals surface area contributed by atoms with E-state index in [9.17, 15) is 29.1 Å². The van der Waals surface area contributed by atoms with Crippen LogP contribution < -0.4 is 5.32 Å². The van der Waals surface area contributed by atoms with E-state index in [1.54, 1.807) is 47.7 Å². The number of nitrogens with one attached hydrogen (secondary N) is 1. The Bertz CT molecular complexity index is 1790. The normalized spacial score (nSPS) is 37.4. The highest BCUT2D eigenvalue weighted by Gasteiger charge is 2.57. The van der Waals surface area contributed by atoms with E-state index in [4.69, 9.17) is 23.7 Å². The molecule has 14 heteroatoms. The standard InChI is InChI=1S/C42H59N3O11/c1-11-32-42(8)29(19-33(46)55-42)24(4)34(47)22(2)20-41(7,56-40(51)44-21-27-14-15-30-28(18-27)13-12-16-43-30)37(25(5)35(48)26(6)38(50)53-32)54-39-36(49)31(45(9)10)17-23(3)52-39/h12-16,18,22-26,29,31-32,36-37,39,49H,11,17,19-21H2,1-10H3,(H,44,51)/t22-,23-,24-,25+,26-,29-,31+,32-,36-,37-,39+,41-,42+/m1/s1. The number of carbonyl (C=O) groups excluding carboxylic acids is 5. The molecule has 1 aromatic carbocycles. The summed E-state index contributed by atoms with van der Waals surface area (Å²) in [4.78, 5) is 75.6. The van der Waals surface area contributed by atoms with Crippen LogP contribution >= 0.6 is 0 Å². The maximum Gasteiger partial charge on any atom is 0.408 e. The molecule has 5 rings (SSSR count). The van der Waals surface area contributed by atoms with Gasteiger partial charge in [0.05, 0.1) is 18.0 Å². The van der Waals surface area contributed by atoms with Gasteiger partial charge in [-0.1, -0.05) is 39.8 Å². The summed E-state index contributed by atoms with van der Waals surface area (Å²) in [6.07, 6.45) is -3.58. The molecule has 3 aliphatic rings. The lowest BCUT2D eigenvalue weighted by Crippen LogP contribution is -2.60. The van der Waals surface area contributed by atoms with Gasteiger partial charge >= 0.3 is 18.0 Å². The van der Waals surface area contributed by atoms with Crippen molar-refractivity contribution < 1.29 is 52.8 Å². The maximum absolute atomic E-state index is 14.5. The van der Waals surface area contributed by atoms with Gasteiger partial charge in [-0.15, -0.1) is 0 Å². The summed E-state index contributed by atoms with van der Waals surface area (Å²) in [6, 6.07) is 8.96. The van der Waals surface area contributed by atoms with Crippen molar-refractivity contribution in [2.24, 2.45) is 29.6 Å². The van der Waals surface area contributed by atoms with Crippen molar-refractivity contribution in [3.8, 4) is 0 Å². The molecule has 0 saturated carbocycles. The van der Waals surface area contributed by atoms with Crippen LogP contribution in [-0.2, 0) is 49.4 Å². The average Bonchev–Trinajstić information content (AvgIpc) is 3.47. The fraction of sp³-hybridized carbons (Fsp3) is 0.667. The molecule has 0 aliphatic carbocycles. The van der Waals surface area contributed by atoms with Crippen molar-refractivity contribution in [1.29, 1.82) is 0 Å². The minimum absolute atomic E-state index is 0.0649. The van der Waals surface area contributed by atoms with Gasteiger partial charge in [0.2, 0.25) is 0 Å². The highest BCUT2D eigenvalue weighted by atomic mass is 16.7. The predicted molar refractivity (Wildman–Crippen MR) is 205 cm³/mol. The van der Waals surface area contributed by atoms with Gasteiger partial charge in [-0.05, 0) is 84.8 Å². The summed E-state index contributed by atoms with van der Waals surface area (Å²) in [7, 11) is 3.67. The van der Waals surface area contributed by atoms with Crippen LogP contribution in [0.25, 0.3) is 10.9 Å². The predicted octanol–water partition coefficient (Wildman–Crippen LogP) is 4.76. The lowest BCUT2D eigenvalue weighted by Gasteiger charge is -2.47. The van der Waals surface area contributed by atoms with Crippen molar-refractivity contribution >= 4 is 40.5 Å². The maximum atomic E-state index is 14.5. The number of aliphatic hydroxyl groups is 1. The number of nitrogens with zero attached hydrogens (tertiary/aromatic N) is 2. The zero-order valence-corrected chi connectivity index (χ0v) is 34.3. The molecule has 0 spiro atoms. The number of alkyl carbamates (subject to hydrolysis) is 1. The summed E-state index contributed by atoms with van der Waals surface area (Å²) in [6.45, 7) is 13.4. The summed E-state index contributed by atoms with van der Waals surface area (Å²) in [5.74, 6) is -6.80. The number of cyclic esters (lactones) is 1. The summed E-state index contributed by atoms with van der Waals surface area (Å²) in [5.41, 5.74) is -1.46. The van der Waals surface area contributed by atoms with Crippen molar-refractivity contribution in [3.05, 3.63) is 42.1 Å². The molecular weight excluding hydrogens is 722 g/mol. The van der Waals surface area contributed by atoms with Crippen LogP contribution in [0.5, 0.6) is 0 Å². The van der Waals surface area contributed by atoms with Crippen LogP contribution in [0.3, 0.4) is 0 Å². The Hall–Kier alpha value is -3.98. The number of aromatic nitrogens is 1. The zero-order chi connectivity index (χ0) is 41.3. The summed E-state index contributed by atoms with van der Waals surface area (Å²) < 4.78 is 30.9. The van der Waals surface area contributed by atoms with Gasteiger partial charge in [0.25, 0.3) is 0 Å². The largest absolute Gasteiger partial charge is 0.458 e. The number of likely N-dealkylation sites (N-methyl/N-ethyl adjacent to an activating group) is 1. The number of benzene rings is 1. The first-order chi connectivity index (χ1) is 26.3. The molecule has 308 valence electrons. The smallest absolute Gasteiger partial charge is 0.408 e. The van der Waals surface area contributed by atoms with Gasteiger partial charge in [-0.2, -0.15) is 0 Å². The second-order valence-corrected chi connectivity index (χ2v) is 16.7. The lowest BCUT2D eigenvalue weighted by molar-refractivity contribution is -0.292. The number of esters is 2. The molecule has 56 heavy (non-hydrogen) atoms. The van der Waals surface area contributed by atoms with E-state index in [1.807, 2.05) is 56.3 Å². The molecule has 4 heterocycles. The van der Waals surface area contributed by atoms with Crippen LogP contribution in [0.15, 0.2) is 36.5 Å². The van der Waals surface area contributed by atoms with Crippen LogP contribution in [0.2, 0.25) is 0 Å². The number of ketones is 2. The van der Waals surface area contributed by atoms with Gasteiger partial charge in [0.1, 0.15) is 41.2 Å². The fourth-order valence-electron chi connectivity index (χ4n) is 9.05. The molecule has 2 N–H and O–H groups in total. The molecule has 14 nitrogen and oxygen atoms in total. The Morgan fingerprint density at radius 1 is 1.04 bits per heavy atom. The lowest BCUT2D eigenvalue weighted by atomic mass is 9.70. The molecule has 3 fully saturated rings. The van der Waals surface area contributed by atoms with Crippen LogP contribution in [0, 0.1) is 29.6 Å². The highest BCUT2D eigenvalue weighted by Crippen LogP contribution is 2.45. The van der Waals surface area contributed by atoms with Crippen LogP contribution in [0.4, 0.5) is 4.79 Å². The number of Topliss-reactive ketones (excluding diaryl/α,β-unsaturated/α-hetero) is 2. The van der Waals surface area contributed by atoms with Crippen LogP contribution in [0.1, 0.15) is 86.6 Å². The third-order valence-electron chi connectivity index (χ3n) is 12.2. The van der Waals surface area contributed by atoms with E-state index in [1.165, 1.54) is 6.92 Å². The molecule has 0 bridgehead atoms. The second kappa shape index (κ2) is 17.3. The van der Waals surface area contributed by atoms with Gasteiger partial charge in [0.15, 0.2) is 12.1 Å². The third-order valence-corrected chi connectivity index (χ3v) is 12.2. The molecule has 2 aromatic rings. The highest BCUT2D eigenvalue weighted by molar-refractivity contribution is 6.00. The van der Waals surface area contributed by atoms with Crippen molar-refractivity contribution in [2.45, 2.75) is 136 Å². The number of hydrogen-bond donors (Lipinski definition) is 2. The van der Waals surface area contributed by atoms with Gasteiger partial charge in [-0.3, -0.25) is 24.2 Å². The van der Waals surface area contributed by atoms with Crippen molar-refractivity contribution in [2.75, 3.05) is 14.1 Å². The minimum Gasteiger partial charge on any atom is -0.458 e. The van der Waals surface area contributed by atoms with Gasteiger partial charge < -0.3 is 39.0 Å². The molecule has 0 unspecified atom stereocenters. The molecule has 1 amide bonds. The monoisotopic (exact) mass is 781 g/mol.